The zero-order valence-corrected chi connectivity index (χ0v) is 6.93. The van der Waals surface area contributed by atoms with Crippen molar-refractivity contribution in [1.82, 2.24) is 0 Å². The minimum Gasteiger partial charge on any atom is -0.325 e. The van der Waals surface area contributed by atoms with Crippen molar-refractivity contribution in [3.63, 3.8) is 0 Å². The fourth-order valence-electron chi connectivity index (χ4n) is 2.92. The fourth-order valence-corrected chi connectivity index (χ4v) is 2.92. The zero-order chi connectivity index (χ0) is 7.35. The molecule has 0 aromatic rings. The molecule has 2 fully saturated rings. The van der Waals surface area contributed by atoms with Crippen molar-refractivity contribution in [2.45, 2.75) is 38.6 Å². The molecule has 0 aliphatic heterocycles. The first-order chi connectivity index (χ1) is 4.62. The van der Waals surface area contributed by atoms with Crippen LogP contribution < -0.4 is 5.73 Å². The van der Waals surface area contributed by atoms with Crippen LogP contribution in [0.25, 0.3) is 0 Å². The first kappa shape index (κ1) is 6.66. The van der Waals surface area contributed by atoms with Gasteiger partial charge >= 0.3 is 0 Å². The number of hydrogen-bond donors (Lipinski definition) is 1. The van der Waals surface area contributed by atoms with Gasteiger partial charge in [0.15, 0.2) is 0 Å². The van der Waals surface area contributed by atoms with E-state index in [1.807, 2.05) is 0 Å². The summed E-state index contributed by atoms with van der Waals surface area (Å²) in [5.41, 5.74) is 6.38. The van der Waals surface area contributed by atoms with Crippen LogP contribution in [0.2, 0.25) is 0 Å². The number of nitrogens with two attached hydrogens (primary N) is 1. The summed E-state index contributed by atoms with van der Waals surface area (Å²) in [6.07, 6.45) is 4.24. The van der Waals surface area contributed by atoms with Gasteiger partial charge in [0.05, 0.1) is 0 Å². The second-order valence-electron chi connectivity index (χ2n) is 4.42. The Balaban J connectivity index is 2.25. The van der Waals surface area contributed by atoms with Crippen molar-refractivity contribution in [1.29, 1.82) is 0 Å². The Morgan fingerprint density at radius 3 is 2.40 bits per heavy atom. The summed E-state index contributed by atoms with van der Waals surface area (Å²) in [6, 6.07) is 0. The van der Waals surface area contributed by atoms with Crippen LogP contribution in [-0.2, 0) is 0 Å². The molecule has 2 rings (SSSR count). The molecule has 2 aliphatic carbocycles. The Kier molecular flexibility index (Phi) is 1.17. The molecule has 0 amide bonds. The van der Waals surface area contributed by atoms with E-state index in [0.29, 0.717) is 0 Å². The van der Waals surface area contributed by atoms with Crippen molar-refractivity contribution in [3.8, 4) is 0 Å². The normalized spacial score (nSPS) is 59.7. The average molecular weight is 139 g/mol. The highest BCUT2D eigenvalue weighted by molar-refractivity contribution is 5.05. The molecular formula is C9H17N. The summed E-state index contributed by atoms with van der Waals surface area (Å²) in [4.78, 5) is 0. The lowest BCUT2D eigenvalue weighted by molar-refractivity contribution is 0.210. The molecule has 1 nitrogen and oxygen atoms in total. The predicted molar refractivity (Wildman–Crippen MR) is 42.6 cm³/mol. The third kappa shape index (κ3) is 0.619. The van der Waals surface area contributed by atoms with Gasteiger partial charge in [0, 0.05) is 5.54 Å². The fraction of sp³-hybridized carbons (Fsp3) is 1.00. The van der Waals surface area contributed by atoms with E-state index in [4.69, 9.17) is 5.73 Å². The van der Waals surface area contributed by atoms with E-state index in [0.717, 1.165) is 17.8 Å². The molecule has 1 heteroatoms. The summed E-state index contributed by atoms with van der Waals surface area (Å²) >= 11 is 0. The van der Waals surface area contributed by atoms with E-state index >= 15 is 0 Å². The Morgan fingerprint density at radius 2 is 2.10 bits per heavy atom. The van der Waals surface area contributed by atoms with Crippen molar-refractivity contribution < 1.29 is 0 Å². The third-order valence-corrected chi connectivity index (χ3v) is 4.04. The smallest absolute Gasteiger partial charge is 0.0182 e. The molecule has 0 aromatic carbocycles. The molecule has 0 saturated heterocycles. The lowest BCUT2D eigenvalue weighted by Crippen LogP contribution is -2.47. The van der Waals surface area contributed by atoms with E-state index in [-0.39, 0.29) is 5.54 Å². The molecule has 2 bridgehead atoms. The predicted octanol–water partition coefficient (Wildman–Crippen LogP) is 1.77. The van der Waals surface area contributed by atoms with E-state index < -0.39 is 0 Å². The lowest BCUT2D eigenvalue weighted by atomic mass is 9.76. The van der Waals surface area contributed by atoms with Gasteiger partial charge in [-0.15, -0.1) is 0 Å². The van der Waals surface area contributed by atoms with Gasteiger partial charge in [-0.2, -0.15) is 0 Å². The van der Waals surface area contributed by atoms with Crippen LogP contribution in [-0.4, -0.2) is 5.54 Å². The maximum Gasteiger partial charge on any atom is 0.0182 e. The molecule has 0 radical (unpaired) electrons. The topological polar surface area (TPSA) is 26.0 Å². The molecule has 2 saturated carbocycles. The summed E-state index contributed by atoms with van der Waals surface area (Å²) in [6.45, 7) is 4.56. The SMILES string of the molecule is C[C@H]1[C@H]2CC[C@H](C2)[C@]1(C)N. The Morgan fingerprint density at radius 1 is 1.40 bits per heavy atom. The summed E-state index contributed by atoms with van der Waals surface area (Å²) in [5.74, 6) is 2.57. The summed E-state index contributed by atoms with van der Waals surface area (Å²) < 4.78 is 0. The van der Waals surface area contributed by atoms with Gasteiger partial charge in [-0.25, -0.2) is 0 Å². The van der Waals surface area contributed by atoms with Crippen LogP contribution in [0.3, 0.4) is 0 Å². The number of hydrogen-bond acceptors (Lipinski definition) is 1. The van der Waals surface area contributed by atoms with Gasteiger partial charge < -0.3 is 5.73 Å². The average Bonchev–Trinajstić information content (AvgIpc) is 2.37. The zero-order valence-electron chi connectivity index (χ0n) is 6.93. The Bertz CT molecular complexity index is 147. The van der Waals surface area contributed by atoms with Crippen LogP contribution in [0.5, 0.6) is 0 Å². The van der Waals surface area contributed by atoms with E-state index in [2.05, 4.69) is 13.8 Å². The van der Waals surface area contributed by atoms with Crippen molar-refractivity contribution >= 4 is 0 Å². The monoisotopic (exact) mass is 139 g/mol. The first-order valence-electron chi connectivity index (χ1n) is 4.41. The molecule has 0 heterocycles. The highest BCUT2D eigenvalue weighted by atomic mass is 14.8. The maximum absolute atomic E-state index is 6.21. The third-order valence-electron chi connectivity index (χ3n) is 4.04. The van der Waals surface area contributed by atoms with Crippen LogP contribution in [0.4, 0.5) is 0 Å². The molecule has 2 aliphatic rings. The lowest BCUT2D eigenvalue weighted by Gasteiger charge is -2.35. The minimum absolute atomic E-state index is 0.170. The molecule has 0 aromatic heterocycles. The minimum atomic E-state index is 0.170. The molecular weight excluding hydrogens is 122 g/mol. The van der Waals surface area contributed by atoms with E-state index in [9.17, 15) is 0 Å². The largest absolute Gasteiger partial charge is 0.325 e. The summed E-state index contributed by atoms with van der Waals surface area (Å²) in [5, 5.41) is 0. The second-order valence-corrected chi connectivity index (χ2v) is 4.42. The maximum atomic E-state index is 6.21. The van der Waals surface area contributed by atoms with Gasteiger partial charge in [0.2, 0.25) is 0 Å². The number of rotatable bonds is 0. The van der Waals surface area contributed by atoms with Gasteiger partial charge in [0.25, 0.3) is 0 Å². The van der Waals surface area contributed by atoms with E-state index in [1.165, 1.54) is 19.3 Å². The Labute approximate surface area is 63.0 Å². The molecule has 2 N–H and O–H groups in total. The van der Waals surface area contributed by atoms with E-state index in [1.54, 1.807) is 0 Å². The van der Waals surface area contributed by atoms with Crippen LogP contribution in [0.1, 0.15) is 33.1 Å². The highest BCUT2D eigenvalue weighted by Gasteiger charge is 2.50. The second kappa shape index (κ2) is 1.76. The molecule has 10 heavy (non-hydrogen) atoms. The molecule has 4 atom stereocenters. The highest BCUT2D eigenvalue weighted by Crippen LogP contribution is 2.52. The van der Waals surface area contributed by atoms with Gasteiger partial charge in [-0.3, -0.25) is 0 Å². The summed E-state index contributed by atoms with van der Waals surface area (Å²) in [7, 11) is 0. The Hall–Kier alpha value is -0.0400. The van der Waals surface area contributed by atoms with Gasteiger partial charge in [-0.05, 0) is 43.9 Å². The first-order valence-corrected chi connectivity index (χ1v) is 4.41. The standard InChI is InChI=1S/C9H17N/c1-6-7-3-4-8(5-7)9(6,2)10/h6-8H,3-5,10H2,1-2H3/t6-,7-,8+,9+/m0/s1. The molecule has 58 valence electrons. The van der Waals surface area contributed by atoms with Crippen molar-refractivity contribution in [2.24, 2.45) is 23.5 Å². The van der Waals surface area contributed by atoms with Crippen LogP contribution >= 0.6 is 0 Å². The quantitative estimate of drug-likeness (QED) is 0.544. The van der Waals surface area contributed by atoms with Crippen molar-refractivity contribution in [3.05, 3.63) is 0 Å². The molecule has 0 unspecified atom stereocenters. The van der Waals surface area contributed by atoms with Crippen molar-refractivity contribution in [2.75, 3.05) is 0 Å². The molecule has 0 spiro atoms. The van der Waals surface area contributed by atoms with Crippen LogP contribution in [0.15, 0.2) is 0 Å². The van der Waals surface area contributed by atoms with Crippen LogP contribution in [0, 0.1) is 17.8 Å². The van der Waals surface area contributed by atoms with Gasteiger partial charge in [-0.1, -0.05) is 6.92 Å². The number of fused-ring (bicyclic) bond motifs is 2. The van der Waals surface area contributed by atoms with Gasteiger partial charge in [0.1, 0.15) is 0 Å².